The van der Waals surface area contributed by atoms with Gasteiger partial charge in [0.25, 0.3) is 0 Å². The van der Waals surface area contributed by atoms with E-state index in [1.807, 2.05) is 0 Å². The average molecular weight is 339 g/mol. The molecule has 1 aliphatic carbocycles. The Kier molecular flexibility index (Phi) is 8.33. The van der Waals surface area contributed by atoms with Crippen LogP contribution in [-0.2, 0) is 4.74 Å². The van der Waals surface area contributed by atoms with Crippen LogP contribution in [0.1, 0.15) is 59.8 Å². The van der Waals surface area contributed by atoms with Crippen LogP contribution in [0.4, 0.5) is 0 Å². The normalized spacial score (nSPS) is 26.5. The van der Waals surface area contributed by atoms with E-state index in [-0.39, 0.29) is 0 Å². The van der Waals surface area contributed by atoms with Crippen molar-refractivity contribution in [1.82, 2.24) is 15.5 Å². The summed E-state index contributed by atoms with van der Waals surface area (Å²) in [5.74, 6) is 1.61. The predicted octanol–water partition coefficient (Wildman–Crippen LogP) is 2.62. The molecule has 2 N–H and O–H groups in total. The molecule has 2 aliphatic rings. The van der Waals surface area contributed by atoms with Crippen LogP contribution < -0.4 is 10.6 Å². The van der Waals surface area contributed by atoms with Gasteiger partial charge in [0.1, 0.15) is 0 Å². The van der Waals surface area contributed by atoms with Crippen molar-refractivity contribution < 1.29 is 4.74 Å². The SMILES string of the molecule is CCNC(=NCCCOC1CCCC1)NC1CN(C(C)C)CC1C. The van der Waals surface area contributed by atoms with E-state index in [4.69, 9.17) is 9.73 Å². The molecule has 1 saturated heterocycles. The summed E-state index contributed by atoms with van der Waals surface area (Å²) < 4.78 is 5.92. The number of nitrogens with zero attached hydrogens (tertiary/aromatic N) is 2. The summed E-state index contributed by atoms with van der Waals surface area (Å²) in [5.41, 5.74) is 0. The van der Waals surface area contributed by atoms with Gasteiger partial charge in [-0.15, -0.1) is 0 Å². The van der Waals surface area contributed by atoms with Gasteiger partial charge in [0.05, 0.1) is 6.10 Å². The molecule has 5 nitrogen and oxygen atoms in total. The van der Waals surface area contributed by atoms with E-state index >= 15 is 0 Å². The zero-order valence-electron chi connectivity index (χ0n) is 16.2. The van der Waals surface area contributed by atoms with E-state index < -0.39 is 0 Å². The Labute approximate surface area is 148 Å². The van der Waals surface area contributed by atoms with Crippen molar-refractivity contribution >= 4 is 5.96 Å². The molecule has 2 unspecified atom stereocenters. The molecule has 0 aromatic rings. The highest BCUT2D eigenvalue weighted by atomic mass is 16.5. The summed E-state index contributed by atoms with van der Waals surface area (Å²) in [4.78, 5) is 7.28. The zero-order valence-corrected chi connectivity index (χ0v) is 16.2. The van der Waals surface area contributed by atoms with Crippen molar-refractivity contribution in [1.29, 1.82) is 0 Å². The van der Waals surface area contributed by atoms with Gasteiger partial charge in [-0.3, -0.25) is 9.89 Å². The van der Waals surface area contributed by atoms with E-state index in [9.17, 15) is 0 Å². The van der Waals surface area contributed by atoms with Crippen molar-refractivity contribution in [2.75, 3.05) is 32.8 Å². The third-order valence-corrected chi connectivity index (χ3v) is 5.27. The standard InChI is InChI=1S/C19H38N4O/c1-5-20-19(21-11-8-12-24-17-9-6-7-10-17)22-18-14-23(15(2)3)13-16(18)4/h15-18H,5-14H2,1-4H3,(H2,20,21,22). The Morgan fingerprint density at radius 1 is 1.25 bits per heavy atom. The third kappa shape index (κ3) is 6.25. The van der Waals surface area contributed by atoms with Gasteiger partial charge in [-0.1, -0.05) is 19.8 Å². The number of rotatable bonds is 8. The summed E-state index contributed by atoms with van der Waals surface area (Å²) in [7, 11) is 0. The quantitative estimate of drug-likeness (QED) is 0.406. The lowest BCUT2D eigenvalue weighted by Crippen LogP contribution is -2.46. The minimum Gasteiger partial charge on any atom is -0.378 e. The van der Waals surface area contributed by atoms with E-state index in [0.717, 1.165) is 38.6 Å². The van der Waals surface area contributed by atoms with Gasteiger partial charge in [0.2, 0.25) is 0 Å². The number of ether oxygens (including phenoxy) is 1. The maximum Gasteiger partial charge on any atom is 0.191 e. The van der Waals surface area contributed by atoms with Crippen LogP contribution in [0.3, 0.4) is 0 Å². The summed E-state index contributed by atoms with van der Waals surface area (Å²) in [5, 5.41) is 7.03. The maximum atomic E-state index is 5.92. The van der Waals surface area contributed by atoms with Crippen molar-refractivity contribution in [2.45, 2.75) is 78.0 Å². The summed E-state index contributed by atoms with van der Waals surface area (Å²) in [6.07, 6.45) is 6.69. The molecule has 0 aromatic carbocycles. The summed E-state index contributed by atoms with van der Waals surface area (Å²) >= 11 is 0. The molecule has 2 rings (SSSR count). The molecule has 5 heteroatoms. The van der Waals surface area contributed by atoms with Crippen LogP contribution >= 0.6 is 0 Å². The van der Waals surface area contributed by atoms with Crippen LogP contribution in [0.5, 0.6) is 0 Å². The molecule has 1 saturated carbocycles. The first kappa shape index (κ1) is 19.5. The average Bonchev–Trinajstić information content (AvgIpc) is 3.17. The lowest BCUT2D eigenvalue weighted by molar-refractivity contribution is 0.0579. The van der Waals surface area contributed by atoms with Gasteiger partial charge in [-0.2, -0.15) is 0 Å². The lowest BCUT2D eigenvalue weighted by atomic mass is 10.1. The Morgan fingerprint density at radius 2 is 2.00 bits per heavy atom. The fraction of sp³-hybridized carbons (Fsp3) is 0.947. The molecule has 2 atom stereocenters. The highest BCUT2D eigenvalue weighted by Crippen LogP contribution is 2.21. The zero-order chi connectivity index (χ0) is 17.4. The predicted molar refractivity (Wildman–Crippen MR) is 102 cm³/mol. The maximum absolute atomic E-state index is 5.92. The topological polar surface area (TPSA) is 48.9 Å². The number of hydrogen-bond acceptors (Lipinski definition) is 3. The first-order chi connectivity index (χ1) is 11.6. The molecule has 0 aromatic heterocycles. The second-order valence-corrected chi connectivity index (χ2v) is 7.67. The molecule has 24 heavy (non-hydrogen) atoms. The Hall–Kier alpha value is -0.810. The molecule has 0 radical (unpaired) electrons. The van der Waals surface area contributed by atoms with Gasteiger partial charge in [-0.25, -0.2) is 0 Å². The number of likely N-dealkylation sites (tertiary alicyclic amines) is 1. The molecule has 0 spiro atoms. The Bertz CT molecular complexity index is 380. The van der Waals surface area contributed by atoms with E-state index in [0.29, 0.717) is 24.1 Å². The van der Waals surface area contributed by atoms with E-state index in [1.54, 1.807) is 0 Å². The second-order valence-electron chi connectivity index (χ2n) is 7.67. The number of guanidine groups is 1. The van der Waals surface area contributed by atoms with E-state index in [1.165, 1.54) is 32.2 Å². The lowest BCUT2D eigenvalue weighted by Gasteiger charge is -2.22. The van der Waals surface area contributed by atoms with Crippen molar-refractivity contribution in [3.05, 3.63) is 0 Å². The first-order valence-corrected chi connectivity index (χ1v) is 10.0. The van der Waals surface area contributed by atoms with Crippen LogP contribution in [0.15, 0.2) is 4.99 Å². The van der Waals surface area contributed by atoms with Gasteiger partial charge in [-0.05, 0) is 46.0 Å². The second kappa shape index (κ2) is 10.2. The van der Waals surface area contributed by atoms with Crippen LogP contribution in [0.2, 0.25) is 0 Å². The molecular weight excluding hydrogens is 300 g/mol. The smallest absolute Gasteiger partial charge is 0.191 e. The van der Waals surface area contributed by atoms with E-state index in [2.05, 4.69) is 43.2 Å². The number of hydrogen-bond donors (Lipinski definition) is 2. The van der Waals surface area contributed by atoms with Crippen molar-refractivity contribution in [3.63, 3.8) is 0 Å². The van der Waals surface area contributed by atoms with Gasteiger partial charge < -0.3 is 15.4 Å². The molecule has 1 aliphatic heterocycles. The van der Waals surface area contributed by atoms with Crippen LogP contribution in [0.25, 0.3) is 0 Å². The number of aliphatic imine (C=N–C) groups is 1. The van der Waals surface area contributed by atoms with Gasteiger partial charge in [0.15, 0.2) is 5.96 Å². The highest BCUT2D eigenvalue weighted by Gasteiger charge is 2.31. The van der Waals surface area contributed by atoms with Crippen LogP contribution in [0, 0.1) is 5.92 Å². The monoisotopic (exact) mass is 338 g/mol. The number of nitrogens with one attached hydrogen (secondary N) is 2. The summed E-state index contributed by atoms with van der Waals surface area (Å²) in [6.45, 7) is 13.9. The molecule has 1 heterocycles. The minimum atomic E-state index is 0.486. The van der Waals surface area contributed by atoms with Crippen LogP contribution in [-0.4, -0.2) is 61.8 Å². The Balaban J connectivity index is 1.71. The molecular formula is C19H38N4O. The fourth-order valence-corrected chi connectivity index (χ4v) is 3.67. The van der Waals surface area contributed by atoms with Crippen molar-refractivity contribution in [3.8, 4) is 0 Å². The highest BCUT2D eigenvalue weighted by molar-refractivity contribution is 5.80. The molecule has 0 bridgehead atoms. The summed E-state index contributed by atoms with van der Waals surface area (Å²) in [6, 6.07) is 1.10. The molecule has 0 amide bonds. The van der Waals surface area contributed by atoms with Gasteiger partial charge >= 0.3 is 0 Å². The Morgan fingerprint density at radius 3 is 2.62 bits per heavy atom. The van der Waals surface area contributed by atoms with Gasteiger partial charge in [0, 0.05) is 44.9 Å². The minimum absolute atomic E-state index is 0.486. The molecule has 2 fully saturated rings. The van der Waals surface area contributed by atoms with Crippen molar-refractivity contribution in [2.24, 2.45) is 10.9 Å². The first-order valence-electron chi connectivity index (χ1n) is 10.0. The largest absolute Gasteiger partial charge is 0.378 e. The third-order valence-electron chi connectivity index (χ3n) is 5.27. The fourth-order valence-electron chi connectivity index (χ4n) is 3.67. The molecule has 140 valence electrons.